The van der Waals surface area contributed by atoms with Crippen molar-refractivity contribution in [2.45, 2.75) is 4.90 Å². The third-order valence-corrected chi connectivity index (χ3v) is 7.76. The minimum Gasteiger partial charge on any atom is -0.383 e. The molecule has 2 aromatic carbocycles. The van der Waals surface area contributed by atoms with E-state index in [-0.39, 0.29) is 11.4 Å². The number of ether oxygens (including phenoxy) is 1. The third kappa shape index (κ3) is 3.21. The Morgan fingerprint density at radius 3 is 2.42 bits per heavy atom. The first-order chi connectivity index (χ1) is 11.6. The van der Waals surface area contributed by atoms with Crippen LogP contribution >= 0.6 is 27.3 Å². The second kappa shape index (κ2) is 7.23. The second-order valence-electron chi connectivity index (χ2n) is 5.10. The number of hydrogen-bond donors (Lipinski definition) is 0. The molecule has 0 N–H and O–H groups in total. The van der Waals surface area contributed by atoms with E-state index < -0.39 is 10.0 Å². The molecule has 0 aliphatic heterocycles. The van der Waals surface area contributed by atoms with E-state index in [9.17, 15) is 8.42 Å². The maximum atomic E-state index is 13.1. The van der Waals surface area contributed by atoms with Gasteiger partial charge in [0.25, 0.3) is 10.0 Å². The van der Waals surface area contributed by atoms with Crippen LogP contribution in [0.15, 0.2) is 64.0 Å². The minimum atomic E-state index is -3.66. The summed E-state index contributed by atoms with van der Waals surface area (Å²) in [4.78, 5) is 0.269. The van der Waals surface area contributed by atoms with Crippen LogP contribution in [0.1, 0.15) is 0 Å². The van der Waals surface area contributed by atoms with Crippen molar-refractivity contribution in [2.75, 3.05) is 24.6 Å². The van der Waals surface area contributed by atoms with Crippen LogP contribution in [-0.4, -0.2) is 28.7 Å². The lowest BCUT2D eigenvalue weighted by Crippen LogP contribution is -2.33. The third-order valence-electron chi connectivity index (χ3n) is 3.57. The van der Waals surface area contributed by atoms with Gasteiger partial charge >= 0.3 is 0 Å². The Balaban J connectivity index is 2.14. The Morgan fingerprint density at radius 1 is 1.08 bits per heavy atom. The molecule has 0 unspecified atom stereocenters. The number of anilines is 1. The molecule has 0 saturated carbocycles. The van der Waals surface area contributed by atoms with Crippen molar-refractivity contribution in [1.29, 1.82) is 0 Å². The quantitative estimate of drug-likeness (QED) is 0.583. The molecule has 0 fully saturated rings. The lowest BCUT2D eigenvalue weighted by atomic mass is 10.3. The van der Waals surface area contributed by atoms with Crippen molar-refractivity contribution in [3.63, 3.8) is 0 Å². The standard InChI is InChI=1S/C17H16BrNO3S2/c1-22-12-11-19(24(20,21)13-7-3-2-4-8-13)17-16(18)14-9-5-6-10-15(14)23-17/h2-10H,11-12H2,1H3. The highest BCUT2D eigenvalue weighted by Gasteiger charge is 2.28. The van der Waals surface area contributed by atoms with Crippen molar-refractivity contribution in [1.82, 2.24) is 0 Å². The molecule has 24 heavy (non-hydrogen) atoms. The molecule has 126 valence electrons. The predicted octanol–water partition coefficient (Wildman–Crippen LogP) is 4.51. The Hall–Kier alpha value is -1.41. The van der Waals surface area contributed by atoms with Crippen LogP contribution in [0.5, 0.6) is 0 Å². The van der Waals surface area contributed by atoms with Gasteiger partial charge in [0, 0.05) is 17.2 Å². The molecule has 0 bridgehead atoms. The van der Waals surface area contributed by atoms with Gasteiger partial charge in [0.05, 0.1) is 22.5 Å². The predicted molar refractivity (Wildman–Crippen MR) is 102 cm³/mol. The average Bonchev–Trinajstić information content (AvgIpc) is 2.93. The largest absolute Gasteiger partial charge is 0.383 e. The summed E-state index contributed by atoms with van der Waals surface area (Å²) < 4.78 is 34.6. The highest BCUT2D eigenvalue weighted by Crippen LogP contribution is 2.43. The van der Waals surface area contributed by atoms with Crippen molar-refractivity contribution in [3.05, 3.63) is 59.1 Å². The highest BCUT2D eigenvalue weighted by atomic mass is 79.9. The molecular formula is C17H16BrNO3S2. The normalized spacial score (nSPS) is 11.8. The molecular weight excluding hydrogens is 410 g/mol. The molecule has 0 saturated heterocycles. The molecule has 1 heterocycles. The lowest BCUT2D eigenvalue weighted by molar-refractivity contribution is 0.208. The number of hydrogen-bond acceptors (Lipinski definition) is 4. The van der Waals surface area contributed by atoms with E-state index in [0.29, 0.717) is 11.6 Å². The molecule has 0 aliphatic carbocycles. The molecule has 7 heteroatoms. The molecule has 3 aromatic rings. The highest BCUT2D eigenvalue weighted by molar-refractivity contribution is 9.10. The van der Waals surface area contributed by atoms with Crippen LogP contribution in [0.3, 0.4) is 0 Å². The Bertz CT molecular complexity index is 939. The lowest BCUT2D eigenvalue weighted by Gasteiger charge is -2.23. The van der Waals surface area contributed by atoms with E-state index in [1.807, 2.05) is 24.3 Å². The van der Waals surface area contributed by atoms with Crippen molar-refractivity contribution >= 4 is 52.4 Å². The van der Waals surface area contributed by atoms with Gasteiger partial charge in [0.1, 0.15) is 5.00 Å². The van der Waals surface area contributed by atoms with Gasteiger partial charge in [-0.05, 0) is 34.1 Å². The number of benzene rings is 2. The summed E-state index contributed by atoms with van der Waals surface area (Å²) in [6.07, 6.45) is 0. The number of nitrogens with zero attached hydrogens (tertiary/aromatic N) is 1. The van der Waals surface area contributed by atoms with Crippen LogP contribution in [-0.2, 0) is 14.8 Å². The zero-order valence-corrected chi connectivity index (χ0v) is 16.2. The van der Waals surface area contributed by atoms with Gasteiger partial charge in [-0.15, -0.1) is 11.3 Å². The number of methoxy groups -OCH3 is 1. The fourth-order valence-corrected chi connectivity index (χ4v) is 6.25. The SMILES string of the molecule is COCCN(c1sc2ccccc2c1Br)S(=O)(=O)c1ccccc1. The van der Waals surface area contributed by atoms with Gasteiger partial charge in [0.2, 0.25) is 0 Å². The van der Waals surface area contributed by atoms with Crippen LogP contribution < -0.4 is 4.31 Å². The van der Waals surface area contributed by atoms with E-state index in [2.05, 4.69) is 15.9 Å². The molecule has 0 spiro atoms. The molecule has 3 rings (SSSR count). The first kappa shape index (κ1) is 17.4. The summed E-state index contributed by atoms with van der Waals surface area (Å²) in [5.74, 6) is 0. The van der Waals surface area contributed by atoms with Crippen LogP contribution in [0.2, 0.25) is 0 Å². The Morgan fingerprint density at radius 2 is 1.75 bits per heavy atom. The van der Waals surface area contributed by atoms with Gasteiger partial charge < -0.3 is 4.74 Å². The topological polar surface area (TPSA) is 46.6 Å². The van der Waals surface area contributed by atoms with E-state index in [1.165, 1.54) is 15.6 Å². The summed E-state index contributed by atoms with van der Waals surface area (Å²) >= 11 is 5.02. The molecule has 0 radical (unpaired) electrons. The Labute approximate surface area is 153 Å². The van der Waals surface area contributed by atoms with Gasteiger partial charge in [-0.2, -0.15) is 0 Å². The number of sulfonamides is 1. The first-order valence-corrected chi connectivity index (χ1v) is 10.3. The average molecular weight is 426 g/mol. The summed E-state index contributed by atoms with van der Waals surface area (Å²) in [6.45, 7) is 0.561. The summed E-state index contributed by atoms with van der Waals surface area (Å²) in [5, 5.41) is 1.67. The van der Waals surface area contributed by atoms with Crippen LogP contribution in [0.25, 0.3) is 10.1 Å². The second-order valence-corrected chi connectivity index (χ2v) is 8.79. The van der Waals surface area contributed by atoms with Crippen LogP contribution in [0, 0.1) is 0 Å². The summed E-state index contributed by atoms with van der Waals surface area (Å²) in [6, 6.07) is 16.3. The van der Waals surface area contributed by atoms with E-state index in [1.54, 1.807) is 37.4 Å². The smallest absolute Gasteiger partial charge is 0.265 e. The van der Waals surface area contributed by atoms with Crippen molar-refractivity contribution in [2.24, 2.45) is 0 Å². The van der Waals surface area contributed by atoms with Crippen molar-refractivity contribution in [3.8, 4) is 0 Å². The fraction of sp³-hybridized carbons (Fsp3) is 0.176. The number of rotatable bonds is 6. The van der Waals surface area contributed by atoms with Gasteiger partial charge in [-0.1, -0.05) is 36.4 Å². The number of thiophene rings is 1. The van der Waals surface area contributed by atoms with E-state index in [0.717, 1.165) is 14.6 Å². The van der Waals surface area contributed by atoms with Gasteiger partial charge in [-0.3, -0.25) is 4.31 Å². The molecule has 4 nitrogen and oxygen atoms in total. The van der Waals surface area contributed by atoms with E-state index >= 15 is 0 Å². The molecule has 0 amide bonds. The maximum Gasteiger partial charge on any atom is 0.265 e. The first-order valence-electron chi connectivity index (χ1n) is 7.29. The molecule has 1 aromatic heterocycles. The summed E-state index contributed by atoms with van der Waals surface area (Å²) in [5.41, 5.74) is 0. The zero-order chi connectivity index (χ0) is 17.2. The van der Waals surface area contributed by atoms with E-state index in [4.69, 9.17) is 4.74 Å². The van der Waals surface area contributed by atoms with Gasteiger partial charge in [0.15, 0.2) is 0 Å². The minimum absolute atomic E-state index is 0.249. The fourth-order valence-electron chi connectivity index (χ4n) is 2.39. The van der Waals surface area contributed by atoms with Gasteiger partial charge in [-0.25, -0.2) is 8.42 Å². The Kier molecular flexibility index (Phi) is 5.24. The molecule has 0 aliphatic rings. The molecule has 0 atom stereocenters. The monoisotopic (exact) mass is 425 g/mol. The number of fused-ring (bicyclic) bond motifs is 1. The summed E-state index contributed by atoms with van der Waals surface area (Å²) in [7, 11) is -2.10. The number of halogens is 1. The zero-order valence-electron chi connectivity index (χ0n) is 13.0. The maximum absolute atomic E-state index is 13.1. The van der Waals surface area contributed by atoms with Crippen LogP contribution in [0.4, 0.5) is 5.00 Å². The van der Waals surface area contributed by atoms with Crippen molar-refractivity contribution < 1.29 is 13.2 Å².